The average molecular weight is 333 g/mol. The first-order valence-electron chi connectivity index (χ1n) is 5.92. The third kappa shape index (κ3) is 3.77. The van der Waals surface area contributed by atoms with E-state index in [0.717, 1.165) is 12.1 Å². The summed E-state index contributed by atoms with van der Waals surface area (Å²) in [6.45, 7) is 0. The van der Waals surface area contributed by atoms with Crippen molar-refractivity contribution in [3.05, 3.63) is 69.2 Å². The van der Waals surface area contributed by atoms with E-state index in [2.05, 4.69) is 0 Å². The second-order valence-corrected chi connectivity index (χ2v) is 5.18. The second-order valence-electron chi connectivity index (χ2n) is 4.40. The van der Waals surface area contributed by atoms with Gasteiger partial charge in [-0.1, -0.05) is 47.5 Å². The zero-order valence-electron chi connectivity index (χ0n) is 10.5. The van der Waals surface area contributed by atoms with Crippen molar-refractivity contribution in [3.63, 3.8) is 0 Å². The van der Waals surface area contributed by atoms with Crippen LogP contribution in [0.1, 0.15) is 21.5 Å². The predicted molar refractivity (Wildman–Crippen MR) is 75.9 cm³/mol. The molecule has 0 bridgehead atoms. The molecule has 0 atom stereocenters. The van der Waals surface area contributed by atoms with Crippen LogP contribution < -0.4 is 0 Å². The maximum Gasteiger partial charge on any atom is 0.416 e. The number of alkyl halides is 3. The molecule has 6 heteroatoms. The highest BCUT2D eigenvalue weighted by molar-refractivity contribution is 6.43. The van der Waals surface area contributed by atoms with Gasteiger partial charge in [0.2, 0.25) is 0 Å². The van der Waals surface area contributed by atoms with E-state index in [9.17, 15) is 18.0 Å². The highest BCUT2D eigenvalue weighted by atomic mass is 35.5. The van der Waals surface area contributed by atoms with E-state index < -0.39 is 11.7 Å². The first-order chi connectivity index (χ1) is 9.79. The molecule has 1 nitrogen and oxygen atoms in total. The lowest BCUT2D eigenvalue weighted by Crippen LogP contribution is -2.08. The van der Waals surface area contributed by atoms with Crippen molar-refractivity contribution < 1.29 is 18.0 Å². The highest BCUT2D eigenvalue weighted by Gasteiger charge is 2.30. The van der Waals surface area contributed by atoms with Gasteiger partial charge in [-0.25, -0.2) is 0 Å². The highest BCUT2D eigenvalue weighted by Crippen LogP contribution is 2.30. The summed E-state index contributed by atoms with van der Waals surface area (Å²) in [6.07, 6.45) is -4.61. The van der Waals surface area contributed by atoms with Crippen LogP contribution in [0.4, 0.5) is 13.2 Å². The normalized spacial score (nSPS) is 11.5. The number of rotatable bonds is 3. The minimum atomic E-state index is -4.44. The van der Waals surface area contributed by atoms with E-state index in [1.54, 1.807) is 6.07 Å². The largest absolute Gasteiger partial charge is 0.416 e. The number of Topliss-reactive ketones (excluding diaryl/α,β-unsaturated/α-hetero) is 1. The summed E-state index contributed by atoms with van der Waals surface area (Å²) in [5.41, 5.74) is -0.322. The predicted octanol–water partition coefficient (Wildman–Crippen LogP) is 5.44. The van der Waals surface area contributed by atoms with Gasteiger partial charge in [0.15, 0.2) is 5.78 Å². The molecule has 0 spiro atoms. The van der Waals surface area contributed by atoms with E-state index in [1.807, 2.05) is 0 Å². The molecule has 0 aliphatic heterocycles. The number of carbonyl (C=O) groups excluding carboxylic acids is 1. The van der Waals surface area contributed by atoms with Crippen LogP contribution in [0.3, 0.4) is 0 Å². The molecule has 0 heterocycles. The zero-order chi connectivity index (χ0) is 15.6. The lowest BCUT2D eigenvalue weighted by atomic mass is 10.0. The third-order valence-electron chi connectivity index (χ3n) is 2.87. The fourth-order valence-electron chi connectivity index (χ4n) is 1.86. The van der Waals surface area contributed by atoms with Gasteiger partial charge in [0.1, 0.15) is 0 Å². The van der Waals surface area contributed by atoms with Crippen LogP contribution in [0.2, 0.25) is 10.0 Å². The van der Waals surface area contributed by atoms with Gasteiger partial charge in [-0.3, -0.25) is 4.79 Å². The minimum absolute atomic E-state index is 0.108. The molecule has 0 aliphatic carbocycles. The van der Waals surface area contributed by atoms with Crippen molar-refractivity contribution in [2.75, 3.05) is 0 Å². The van der Waals surface area contributed by atoms with Crippen molar-refractivity contribution in [3.8, 4) is 0 Å². The summed E-state index contributed by atoms with van der Waals surface area (Å²) < 4.78 is 37.9. The Balaban J connectivity index is 2.26. The number of halogens is 5. The fourth-order valence-corrected chi connectivity index (χ4v) is 2.26. The number of benzene rings is 2. The Kier molecular flexibility index (Phi) is 4.59. The van der Waals surface area contributed by atoms with Crippen molar-refractivity contribution in [1.82, 2.24) is 0 Å². The quantitative estimate of drug-likeness (QED) is 0.684. The Morgan fingerprint density at radius 1 is 1.05 bits per heavy atom. The van der Waals surface area contributed by atoms with Gasteiger partial charge in [0.25, 0.3) is 0 Å². The van der Waals surface area contributed by atoms with E-state index in [-0.39, 0.29) is 33.4 Å². The molecular weight excluding hydrogens is 324 g/mol. The van der Waals surface area contributed by atoms with Gasteiger partial charge < -0.3 is 0 Å². The third-order valence-corrected chi connectivity index (χ3v) is 3.69. The molecule has 2 aromatic carbocycles. The maximum atomic E-state index is 12.6. The van der Waals surface area contributed by atoms with Crippen LogP contribution in [0.5, 0.6) is 0 Å². The van der Waals surface area contributed by atoms with Gasteiger partial charge in [-0.2, -0.15) is 13.2 Å². The molecule has 0 amide bonds. The summed E-state index contributed by atoms with van der Waals surface area (Å²) in [6, 6.07) is 9.23. The van der Waals surface area contributed by atoms with E-state index in [0.29, 0.717) is 0 Å². The Morgan fingerprint density at radius 3 is 2.38 bits per heavy atom. The molecule has 2 rings (SSSR count). The molecule has 0 unspecified atom stereocenters. The standard InChI is InChI=1S/C15H9Cl2F3O/c16-12-6-2-5-11(14(12)17)13(21)8-9-3-1-4-10(7-9)15(18,19)20/h1-7H,8H2. The SMILES string of the molecule is O=C(Cc1cccc(C(F)(F)F)c1)c1cccc(Cl)c1Cl. The van der Waals surface area contributed by atoms with Gasteiger partial charge >= 0.3 is 6.18 Å². The van der Waals surface area contributed by atoms with E-state index >= 15 is 0 Å². The van der Waals surface area contributed by atoms with Crippen LogP contribution in [0.25, 0.3) is 0 Å². The topological polar surface area (TPSA) is 17.1 Å². The van der Waals surface area contributed by atoms with Crippen LogP contribution in [0, 0.1) is 0 Å². The summed E-state index contributed by atoms with van der Waals surface area (Å²) in [5, 5.41) is 0.336. The van der Waals surface area contributed by atoms with Gasteiger partial charge in [-0.05, 0) is 23.8 Å². The number of ketones is 1. The first-order valence-corrected chi connectivity index (χ1v) is 6.68. The molecule has 0 aliphatic rings. The zero-order valence-corrected chi connectivity index (χ0v) is 12.1. The first kappa shape index (κ1) is 15.9. The second kappa shape index (κ2) is 6.08. The Labute approximate surface area is 129 Å². The van der Waals surface area contributed by atoms with Crippen LogP contribution in [0.15, 0.2) is 42.5 Å². The lowest BCUT2D eigenvalue weighted by molar-refractivity contribution is -0.137. The maximum absolute atomic E-state index is 12.6. The van der Waals surface area contributed by atoms with Crippen LogP contribution in [-0.4, -0.2) is 5.78 Å². The smallest absolute Gasteiger partial charge is 0.294 e. The molecule has 0 radical (unpaired) electrons. The Morgan fingerprint density at radius 2 is 1.71 bits per heavy atom. The van der Waals surface area contributed by atoms with Gasteiger partial charge in [0, 0.05) is 12.0 Å². The van der Waals surface area contributed by atoms with Crippen molar-refractivity contribution in [2.45, 2.75) is 12.6 Å². The van der Waals surface area contributed by atoms with E-state index in [4.69, 9.17) is 23.2 Å². The molecule has 0 N–H and O–H groups in total. The lowest BCUT2D eigenvalue weighted by Gasteiger charge is -2.09. The van der Waals surface area contributed by atoms with Crippen molar-refractivity contribution in [2.24, 2.45) is 0 Å². The molecule has 0 aromatic heterocycles. The molecule has 0 saturated carbocycles. The number of hydrogen-bond acceptors (Lipinski definition) is 1. The summed E-state index contributed by atoms with van der Waals surface area (Å²) in [7, 11) is 0. The summed E-state index contributed by atoms with van der Waals surface area (Å²) in [5.74, 6) is -0.387. The molecule has 21 heavy (non-hydrogen) atoms. The minimum Gasteiger partial charge on any atom is -0.294 e. The summed E-state index contributed by atoms with van der Waals surface area (Å²) in [4.78, 5) is 12.1. The van der Waals surface area contributed by atoms with Gasteiger partial charge in [-0.15, -0.1) is 0 Å². The van der Waals surface area contributed by atoms with Crippen LogP contribution >= 0.6 is 23.2 Å². The number of carbonyl (C=O) groups is 1. The van der Waals surface area contributed by atoms with Crippen molar-refractivity contribution >= 4 is 29.0 Å². The summed E-state index contributed by atoms with van der Waals surface area (Å²) >= 11 is 11.7. The average Bonchev–Trinajstić information content (AvgIpc) is 2.41. The Bertz CT molecular complexity index is 681. The number of hydrogen-bond donors (Lipinski definition) is 0. The fraction of sp³-hybridized carbons (Fsp3) is 0.133. The van der Waals surface area contributed by atoms with Crippen molar-refractivity contribution in [1.29, 1.82) is 0 Å². The van der Waals surface area contributed by atoms with E-state index in [1.165, 1.54) is 24.3 Å². The van der Waals surface area contributed by atoms with Crippen LogP contribution in [-0.2, 0) is 12.6 Å². The molecule has 110 valence electrons. The molecule has 0 fully saturated rings. The van der Waals surface area contributed by atoms with Gasteiger partial charge in [0.05, 0.1) is 15.6 Å². The molecule has 0 saturated heterocycles. The monoisotopic (exact) mass is 332 g/mol. The molecule has 2 aromatic rings. The molecular formula is C15H9Cl2F3O. The Hall–Kier alpha value is -1.52.